The van der Waals surface area contributed by atoms with E-state index in [0.717, 1.165) is 19.1 Å². The van der Waals surface area contributed by atoms with Gasteiger partial charge in [0.05, 0.1) is 0 Å². The zero-order valence-corrected chi connectivity index (χ0v) is 12.5. The summed E-state index contributed by atoms with van der Waals surface area (Å²) in [5.41, 5.74) is 0. The molecular weight excluding hydrogens is 210 g/mol. The molecule has 0 fully saturated rings. The summed E-state index contributed by atoms with van der Waals surface area (Å²) in [7, 11) is 2.19. The summed E-state index contributed by atoms with van der Waals surface area (Å²) in [5, 5.41) is 0. The molecule has 0 aromatic rings. The van der Waals surface area contributed by atoms with Crippen LogP contribution in [0.15, 0.2) is 0 Å². The average molecular weight is 243 g/mol. The van der Waals surface area contributed by atoms with Crippen LogP contribution >= 0.6 is 0 Å². The van der Waals surface area contributed by atoms with E-state index >= 15 is 0 Å². The van der Waals surface area contributed by atoms with Gasteiger partial charge in [-0.15, -0.1) is 0 Å². The lowest BCUT2D eigenvalue weighted by Crippen LogP contribution is -2.18. The molecule has 0 aliphatic carbocycles. The van der Waals surface area contributed by atoms with E-state index in [9.17, 15) is 0 Å². The van der Waals surface area contributed by atoms with Crippen LogP contribution in [0.4, 0.5) is 0 Å². The van der Waals surface area contributed by atoms with E-state index < -0.39 is 0 Å². The Hall–Kier alpha value is -0.0800. The van der Waals surface area contributed by atoms with Crippen LogP contribution in [0, 0.1) is 5.92 Å². The summed E-state index contributed by atoms with van der Waals surface area (Å²) < 4.78 is 5.62. The van der Waals surface area contributed by atoms with Crippen molar-refractivity contribution >= 4 is 0 Å². The number of hydrogen-bond acceptors (Lipinski definition) is 2. The Balaban J connectivity index is 2.99. The number of unbranched alkanes of at least 4 members (excludes halogenated alkanes) is 3. The molecule has 0 saturated heterocycles. The van der Waals surface area contributed by atoms with Gasteiger partial charge in [0.25, 0.3) is 0 Å². The quantitative estimate of drug-likeness (QED) is 0.481. The molecule has 0 aromatic heterocycles. The fraction of sp³-hybridized carbons (Fsp3) is 1.00. The molecule has 104 valence electrons. The molecule has 0 radical (unpaired) electrons. The van der Waals surface area contributed by atoms with Crippen molar-refractivity contribution in [2.45, 2.75) is 59.3 Å². The molecule has 0 aliphatic rings. The first-order valence-electron chi connectivity index (χ1n) is 7.43. The number of ether oxygens (including phenoxy) is 1. The van der Waals surface area contributed by atoms with Gasteiger partial charge in [0.1, 0.15) is 0 Å². The van der Waals surface area contributed by atoms with Gasteiger partial charge in [-0.05, 0) is 51.7 Å². The van der Waals surface area contributed by atoms with Gasteiger partial charge < -0.3 is 9.64 Å². The second kappa shape index (κ2) is 12.4. The maximum absolute atomic E-state index is 5.62. The summed E-state index contributed by atoms with van der Waals surface area (Å²) in [6, 6.07) is 0. The molecule has 0 unspecified atom stereocenters. The highest BCUT2D eigenvalue weighted by molar-refractivity contribution is 4.50. The summed E-state index contributed by atoms with van der Waals surface area (Å²) in [5.74, 6) is 0.814. The van der Waals surface area contributed by atoms with Crippen LogP contribution < -0.4 is 0 Å². The highest BCUT2D eigenvalue weighted by Gasteiger charge is 1.96. The van der Waals surface area contributed by atoms with Gasteiger partial charge in [0, 0.05) is 13.2 Å². The smallest absolute Gasteiger partial charge is 0.0466 e. The van der Waals surface area contributed by atoms with Crippen LogP contribution in [0.5, 0.6) is 0 Å². The van der Waals surface area contributed by atoms with Crippen LogP contribution in [0.25, 0.3) is 0 Å². The Labute approximate surface area is 109 Å². The molecule has 0 saturated carbocycles. The number of rotatable bonds is 12. The fourth-order valence-electron chi connectivity index (χ4n) is 1.79. The Morgan fingerprint density at radius 3 is 2.24 bits per heavy atom. The minimum atomic E-state index is 0.814. The monoisotopic (exact) mass is 243 g/mol. The lowest BCUT2D eigenvalue weighted by molar-refractivity contribution is 0.123. The molecule has 0 bridgehead atoms. The molecule has 0 N–H and O–H groups in total. The maximum atomic E-state index is 5.62. The third-order valence-electron chi connectivity index (χ3n) is 3.19. The lowest BCUT2D eigenvalue weighted by Gasteiger charge is -2.12. The van der Waals surface area contributed by atoms with Gasteiger partial charge in [-0.25, -0.2) is 0 Å². The molecule has 0 rings (SSSR count). The van der Waals surface area contributed by atoms with Crippen molar-refractivity contribution in [3.05, 3.63) is 0 Å². The summed E-state index contributed by atoms with van der Waals surface area (Å²) >= 11 is 0. The Kier molecular flexibility index (Phi) is 12.3. The zero-order valence-electron chi connectivity index (χ0n) is 12.5. The van der Waals surface area contributed by atoms with Gasteiger partial charge in [0.2, 0.25) is 0 Å². The van der Waals surface area contributed by atoms with Gasteiger partial charge in [-0.1, -0.05) is 33.6 Å². The van der Waals surface area contributed by atoms with Crippen LogP contribution in [0.3, 0.4) is 0 Å². The van der Waals surface area contributed by atoms with Crippen molar-refractivity contribution in [2.24, 2.45) is 5.92 Å². The minimum Gasteiger partial charge on any atom is -0.381 e. The van der Waals surface area contributed by atoms with Crippen molar-refractivity contribution < 1.29 is 4.74 Å². The van der Waals surface area contributed by atoms with Crippen LogP contribution in [-0.4, -0.2) is 38.3 Å². The fourth-order valence-corrected chi connectivity index (χ4v) is 1.79. The van der Waals surface area contributed by atoms with Gasteiger partial charge in [-0.3, -0.25) is 0 Å². The standard InChI is InChI=1S/C15H33NO/c1-5-16(4)12-8-6-7-9-13-17-14-10-11-15(2)3/h15H,5-14H2,1-4H3. The Morgan fingerprint density at radius 1 is 0.941 bits per heavy atom. The van der Waals surface area contributed by atoms with E-state index in [4.69, 9.17) is 4.74 Å². The highest BCUT2D eigenvalue weighted by atomic mass is 16.5. The molecule has 0 spiro atoms. The van der Waals surface area contributed by atoms with Gasteiger partial charge >= 0.3 is 0 Å². The van der Waals surface area contributed by atoms with E-state index in [0.29, 0.717) is 0 Å². The van der Waals surface area contributed by atoms with E-state index in [1.165, 1.54) is 51.6 Å². The normalized spacial score (nSPS) is 11.6. The Bertz CT molecular complexity index is 148. The average Bonchev–Trinajstić information content (AvgIpc) is 2.30. The molecular formula is C15H33NO. The molecule has 2 heteroatoms. The topological polar surface area (TPSA) is 12.5 Å². The molecule has 0 aromatic carbocycles. The maximum Gasteiger partial charge on any atom is 0.0466 e. The van der Waals surface area contributed by atoms with Crippen molar-refractivity contribution in [3.8, 4) is 0 Å². The van der Waals surface area contributed by atoms with E-state index in [1.807, 2.05) is 0 Å². The second-order valence-corrected chi connectivity index (χ2v) is 5.46. The third-order valence-corrected chi connectivity index (χ3v) is 3.19. The van der Waals surface area contributed by atoms with Crippen LogP contribution in [-0.2, 0) is 4.74 Å². The van der Waals surface area contributed by atoms with Crippen molar-refractivity contribution in [3.63, 3.8) is 0 Å². The SMILES string of the molecule is CCN(C)CCCCCCOCCCC(C)C. The zero-order chi connectivity index (χ0) is 12.9. The first-order chi connectivity index (χ1) is 8.16. The van der Waals surface area contributed by atoms with Crippen molar-refractivity contribution in [2.75, 3.05) is 33.4 Å². The molecule has 2 nitrogen and oxygen atoms in total. The van der Waals surface area contributed by atoms with E-state index in [-0.39, 0.29) is 0 Å². The minimum absolute atomic E-state index is 0.814. The van der Waals surface area contributed by atoms with E-state index in [1.54, 1.807) is 0 Å². The number of hydrogen-bond donors (Lipinski definition) is 0. The first-order valence-corrected chi connectivity index (χ1v) is 7.43. The summed E-state index contributed by atoms with van der Waals surface area (Å²) in [6.07, 6.45) is 7.75. The largest absolute Gasteiger partial charge is 0.381 e. The molecule has 0 atom stereocenters. The van der Waals surface area contributed by atoms with Crippen LogP contribution in [0.1, 0.15) is 59.3 Å². The van der Waals surface area contributed by atoms with Gasteiger partial charge in [0.15, 0.2) is 0 Å². The predicted molar refractivity (Wildman–Crippen MR) is 76.5 cm³/mol. The summed E-state index contributed by atoms with van der Waals surface area (Å²) in [4.78, 5) is 2.38. The third kappa shape index (κ3) is 13.9. The first kappa shape index (κ1) is 16.9. The Morgan fingerprint density at radius 2 is 1.59 bits per heavy atom. The molecule has 17 heavy (non-hydrogen) atoms. The molecule has 0 heterocycles. The highest BCUT2D eigenvalue weighted by Crippen LogP contribution is 2.04. The summed E-state index contributed by atoms with van der Waals surface area (Å²) in [6.45, 7) is 11.1. The predicted octanol–water partition coefficient (Wildman–Crippen LogP) is 3.95. The van der Waals surface area contributed by atoms with E-state index in [2.05, 4.69) is 32.7 Å². The lowest BCUT2D eigenvalue weighted by atomic mass is 10.1. The number of nitrogens with zero attached hydrogens (tertiary/aromatic N) is 1. The molecule has 0 amide bonds. The molecule has 0 aliphatic heterocycles. The van der Waals surface area contributed by atoms with Crippen molar-refractivity contribution in [1.29, 1.82) is 0 Å². The van der Waals surface area contributed by atoms with Gasteiger partial charge in [-0.2, -0.15) is 0 Å². The second-order valence-electron chi connectivity index (χ2n) is 5.46. The van der Waals surface area contributed by atoms with Crippen molar-refractivity contribution in [1.82, 2.24) is 4.90 Å². The van der Waals surface area contributed by atoms with Crippen LogP contribution in [0.2, 0.25) is 0 Å².